The van der Waals surface area contributed by atoms with E-state index in [4.69, 9.17) is 28.8 Å². The van der Waals surface area contributed by atoms with Crippen LogP contribution in [0.5, 0.6) is 0 Å². The van der Waals surface area contributed by atoms with E-state index in [1.165, 1.54) is 34.1 Å². The summed E-state index contributed by atoms with van der Waals surface area (Å²) in [6.07, 6.45) is -6.85. The minimum Gasteiger partial charge on any atom is -0.394 e. The quantitative estimate of drug-likeness (QED) is 0.0923. The van der Waals surface area contributed by atoms with Crippen LogP contribution < -0.4 is 11.3 Å². The lowest BCUT2D eigenvalue weighted by Crippen LogP contribution is -2.36. The molecular formula is C21H25N8O13P2+. The molecule has 2 fully saturated rings. The summed E-state index contributed by atoms with van der Waals surface area (Å²) >= 11 is 0. The Morgan fingerprint density at radius 1 is 1.05 bits per heavy atom. The van der Waals surface area contributed by atoms with Crippen molar-refractivity contribution in [1.29, 1.82) is 0 Å². The smallest absolute Gasteiger partial charge is 0.394 e. The molecule has 0 amide bonds. The van der Waals surface area contributed by atoms with E-state index >= 15 is 0 Å². The number of rotatable bonds is 10. The zero-order chi connectivity index (χ0) is 31.3. The maximum atomic E-state index is 13.1. The number of aromatic nitrogens is 7. The average Bonchev–Trinajstić information content (AvgIpc) is 3.74. The normalized spacial score (nSPS) is 30.7. The fourth-order valence-electron chi connectivity index (χ4n) is 5.11. The van der Waals surface area contributed by atoms with Crippen molar-refractivity contribution in [3.63, 3.8) is 0 Å². The van der Waals surface area contributed by atoms with E-state index in [-0.39, 0.29) is 28.0 Å². The van der Waals surface area contributed by atoms with Crippen molar-refractivity contribution in [2.75, 3.05) is 18.9 Å². The Kier molecular flexibility index (Phi) is 8.30. The molecule has 4 aromatic rings. The summed E-state index contributed by atoms with van der Waals surface area (Å²) in [6.45, 7) is -1.51. The number of aliphatic hydroxyl groups is 3. The number of phosphoric ester groups is 1. The first kappa shape index (κ1) is 30.7. The van der Waals surface area contributed by atoms with Crippen molar-refractivity contribution in [2.24, 2.45) is 0 Å². The molecule has 236 valence electrons. The van der Waals surface area contributed by atoms with Gasteiger partial charge in [-0.25, -0.2) is 24.5 Å². The van der Waals surface area contributed by atoms with Crippen molar-refractivity contribution < 1.29 is 57.3 Å². The number of H-pyrrole nitrogens is 1. The Hall–Kier alpha value is -3.30. The maximum absolute atomic E-state index is 13.1. The number of phosphoric acid groups is 1. The van der Waals surface area contributed by atoms with E-state index in [0.717, 1.165) is 6.33 Å². The molecule has 8 N–H and O–H groups in total. The van der Waals surface area contributed by atoms with E-state index in [1.807, 2.05) is 0 Å². The summed E-state index contributed by atoms with van der Waals surface area (Å²) < 4.78 is 54.0. The number of nitrogens with two attached hydrogens (primary N) is 1. The van der Waals surface area contributed by atoms with Gasteiger partial charge in [-0.1, -0.05) is 0 Å². The molecule has 0 spiro atoms. The lowest BCUT2D eigenvalue weighted by atomic mass is 10.1. The molecule has 2 unspecified atom stereocenters. The lowest BCUT2D eigenvalue weighted by molar-refractivity contribution is -0.0608. The average molecular weight is 659 g/mol. The van der Waals surface area contributed by atoms with Gasteiger partial charge in [0.2, 0.25) is 0 Å². The molecule has 4 aromatic heterocycles. The monoisotopic (exact) mass is 659 g/mol. The Bertz CT molecular complexity index is 1800. The van der Waals surface area contributed by atoms with Gasteiger partial charge in [-0.15, -0.1) is 9.42 Å². The SMILES string of the molecule is Nc1ncnc2c1ncn2[C@@H]1O[C@H](COP(=O)(O)O[C@@H]2[C@H](O)[C@@H](CO)O[C@H]2n2cnc3c(=O)[nH]ccc32)[C@@H](O[P+](=O)O)[C@H]1O. The fraction of sp³-hybridized carbons (Fsp3) is 0.476. The minimum absolute atomic E-state index is 0.0137. The number of hydrogen-bond donors (Lipinski definition) is 7. The third-order valence-electron chi connectivity index (χ3n) is 7.11. The van der Waals surface area contributed by atoms with Crippen LogP contribution in [0, 0.1) is 0 Å². The van der Waals surface area contributed by atoms with Gasteiger partial charge in [0.15, 0.2) is 35.5 Å². The number of nitrogens with zero attached hydrogens (tertiary/aromatic N) is 6. The Morgan fingerprint density at radius 2 is 1.77 bits per heavy atom. The number of aromatic amines is 1. The number of fused-ring (bicyclic) bond motifs is 2. The predicted octanol–water partition coefficient (Wildman–Crippen LogP) is -1.81. The van der Waals surface area contributed by atoms with Gasteiger partial charge >= 0.3 is 16.1 Å². The Morgan fingerprint density at radius 3 is 2.52 bits per heavy atom. The van der Waals surface area contributed by atoms with Gasteiger partial charge < -0.3 is 45.0 Å². The second-order valence-corrected chi connectivity index (χ2v) is 11.8. The van der Waals surface area contributed by atoms with E-state index in [9.17, 15) is 39.0 Å². The third-order valence-corrected chi connectivity index (χ3v) is 8.52. The van der Waals surface area contributed by atoms with Crippen molar-refractivity contribution in [3.05, 3.63) is 41.6 Å². The van der Waals surface area contributed by atoms with Gasteiger partial charge in [0.25, 0.3) is 5.56 Å². The zero-order valence-electron chi connectivity index (χ0n) is 22.1. The van der Waals surface area contributed by atoms with E-state index < -0.39 is 83.9 Å². The van der Waals surface area contributed by atoms with Crippen LogP contribution in [0.15, 0.2) is 36.0 Å². The van der Waals surface area contributed by atoms with Crippen LogP contribution in [0.3, 0.4) is 0 Å². The first-order valence-corrected chi connectivity index (χ1v) is 15.4. The number of pyridine rings is 1. The Balaban J connectivity index is 1.22. The molecule has 0 bridgehead atoms. The van der Waals surface area contributed by atoms with Crippen LogP contribution in [-0.2, 0) is 32.2 Å². The number of hydrogen-bond acceptors (Lipinski definition) is 16. The number of aliphatic hydroxyl groups excluding tert-OH is 3. The molecule has 0 aliphatic carbocycles. The molecule has 44 heavy (non-hydrogen) atoms. The number of ether oxygens (including phenoxy) is 2. The van der Waals surface area contributed by atoms with Gasteiger partial charge in [0.05, 0.1) is 31.4 Å². The van der Waals surface area contributed by atoms with Crippen molar-refractivity contribution in [1.82, 2.24) is 34.1 Å². The van der Waals surface area contributed by atoms with E-state index in [0.29, 0.717) is 0 Å². The van der Waals surface area contributed by atoms with Crippen LogP contribution in [-0.4, -0.2) is 109 Å². The first-order chi connectivity index (χ1) is 21.0. The molecule has 2 aliphatic rings. The highest BCUT2D eigenvalue weighted by molar-refractivity contribution is 7.47. The van der Waals surface area contributed by atoms with Crippen molar-refractivity contribution in [2.45, 2.75) is 49.1 Å². The first-order valence-electron chi connectivity index (χ1n) is 12.7. The van der Waals surface area contributed by atoms with Gasteiger partial charge in [-0.3, -0.25) is 18.4 Å². The van der Waals surface area contributed by atoms with Gasteiger partial charge in [0, 0.05) is 10.8 Å². The predicted molar refractivity (Wildman–Crippen MR) is 142 cm³/mol. The maximum Gasteiger partial charge on any atom is 0.695 e. The largest absolute Gasteiger partial charge is 0.695 e. The third kappa shape index (κ3) is 5.53. The minimum atomic E-state index is -5.12. The van der Waals surface area contributed by atoms with E-state index in [1.54, 1.807) is 0 Å². The van der Waals surface area contributed by atoms with Crippen LogP contribution >= 0.6 is 16.1 Å². The van der Waals surface area contributed by atoms with Crippen molar-refractivity contribution in [3.8, 4) is 0 Å². The number of anilines is 1. The highest BCUT2D eigenvalue weighted by Crippen LogP contribution is 2.50. The molecule has 0 saturated carbocycles. The zero-order valence-corrected chi connectivity index (χ0v) is 23.9. The summed E-state index contributed by atoms with van der Waals surface area (Å²) in [5.41, 5.74) is 5.88. The highest BCUT2D eigenvalue weighted by atomic mass is 31.2. The van der Waals surface area contributed by atoms with Gasteiger partial charge in [-0.2, -0.15) is 0 Å². The molecule has 0 aromatic carbocycles. The van der Waals surface area contributed by atoms with Crippen molar-refractivity contribution >= 4 is 44.1 Å². The fourth-order valence-corrected chi connectivity index (χ4v) is 6.51. The molecule has 21 nitrogen and oxygen atoms in total. The van der Waals surface area contributed by atoms with Crippen LogP contribution in [0.1, 0.15) is 12.5 Å². The van der Waals surface area contributed by atoms with Crippen LogP contribution in [0.2, 0.25) is 0 Å². The summed E-state index contributed by atoms with van der Waals surface area (Å²) in [5, 5.41) is 31.4. The summed E-state index contributed by atoms with van der Waals surface area (Å²) in [7, 11) is -8.39. The Labute approximate surface area is 245 Å². The highest BCUT2D eigenvalue weighted by Gasteiger charge is 2.53. The summed E-state index contributed by atoms with van der Waals surface area (Å²) in [6, 6.07) is 1.48. The van der Waals surface area contributed by atoms with Gasteiger partial charge in [-0.05, 0) is 6.07 Å². The van der Waals surface area contributed by atoms with Crippen LogP contribution in [0.4, 0.5) is 5.82 Å². The molecule has 23 heteroatoms. The van der Waals surface area contributed by atoms with Gasteiger partial charge in [0.1, 0.15) is 42.4 Å². The van der Waals surface area contributed by atoms with E-state index in [2.05, 4.69) is 24.9 Å². The van der Waals surface area contributed by atoms with Crippen LogP contribution in [0.25, 0.3) is 22.2 Å². The molecular weight excluding hydrogens is 634 g/mol. The number of imidazole rings is 2. The second kappa shape index (κ2) is 11.9. The second-order valence-electron chi connectivity index (χ2n) is 9.71. The molecule has 6 heterocycles. The molecule has 2 saturated heterocycles. The molecule has 10 atom stereocenters. The summed E-state index contributed by atoms with van der Waals surface area (Å²) in [4.78, 5) is 50.6. The molecule has 0 radical (unpaired) electrons. The molecule has 6 rings (SSSR count). The molecule has 2 aliphatic heterocycles. The standard InChI is InChI=1S/C21H24N8O13P2/c22-17-12-18(25-5-24-17)29(7-27-12)20-14(32)15(41-43(34)35)10(40-20)4-38-44(36,37)42-16-13(31)9(3-30)39-21(16)28-6-26-11-8(28)1-2-23-19(11)33/h1-2,5-7,9-10,13-16,20-21,30-32H,3-4H2,(H4-,22,23,24,25,33,34,35,36,37)/p+1/t9-,10-,13-,14-,15-,16-,20-,21-/m1/s1. The summed E-state index contributed by atoms with van der Waals surface area (Å²) in [5.74, 6) is 0.0426. The topological polar surface area (TPSA) is 302 Å². The number of nitrogen functional groups attached to an aromatic ring is 1. The number of nitrogens with one attached hydrogen (secondary N) is 1. The lowest BCUT2D eigenvalue weighted by Gasteiger charge is -2.25.